The number of ketones is 1. The molecule has 0 spiro atoms. The number of benzene rings is 2. The Kier molecular flexibility index (Phi) is 8.82. The number of aliphatic hydroxyl groups excluding tert-OH is 1. The van der Waals surface area contributed by atoms with Gasteiger partial charge in [-0.25, -0.2) is 0 Å². The summed E-state index contributed by atoms with van der Waals surface area (Å²) < 4.78 is 21.7. The topological polar surface area (TPSA) is 97.8 Å². The number of likely N-dealkylation sites (tertiary alicyclic amines) is 1. The summed E-state index contributed by atoms with van der Waals surface area (Å²) in [6, 6.07) is 9.19. The summed E-state index contributed by atoms with van der Waals surface area (Å²) in [4.78, 5) is 30.2. The fraction of sp³-hybridized carbons (Fsp3) is 0.407. The molecule has 2 aromatic rings. The van der Waals surface area contributed by atoms with E-state index >= 15 is 0 Å². The molecule has 0 bridgehead atoms. The SMILES string of the molecule is CCN(CC)CCN1C(=O)C(=O)/C(=C(/O)c2ccc(OC)cc2)C1c1cc(OC)c(OC)c(OC)c1. The van der Waals surface area contributed by atoms with Crippen molar-refractivity contribution in [2.45, 2.75) is 19.9 Å². The lowest BCUT2D eigenvalue weighted by Gasteiger charge is -2.29. The highest BCUT2D eigenvalue weighted by molar-refractivity contribution is 6.46. The molecule has 1 saturated heterocycles. The van der Waals surface area contributed by atoms with Crippen molar-refractivity contribution in [3.8, 4) is 23.0 Å². The van der Waals surface area contributed by atoms with Gasteiger partial charge in [-0.2, -0.15) is 0 Å². The number of rotatable bonds is 11. The van der Waals surface area contributed by atoms with Gasteiger partial charge in [-0.05, 0) is 55.1 Å². The van der Waals surface area contributed by atoms with Crippen molar-refractivity contribution < 1.29 is 33.6 Å². The number of amides is 1. The number of carbonyl (C=O) groups is 2. The molecule has 1 aliphatic rings. The predicted octanol–water partition coefficient (Wildman–Crippen LogP) is 3.48. The summed E-state index contributed by atoms with van der Waals surface area (Å²) in [5.41, 5.74) is 0.951. The number of likely N-dealkylation sites (N-methyl/N-ethyl adjacent to an activating group) is 1. The van der Waals surface area contributed by atoms with Crippen LogP contribution in [0.4, 0.5) is 0 Å². The largest absolute Gasteiger partial charge is 0.507 e. The van der Waals surface area contributed by atoms with Crippen LogP contribution >= 0.6 is 0 Å². The predicted molar refractivity (Wildman–Crippen MR) is 136 cm³/mol. The molecule has 0 aliphatic carbocycles. The summed E-state index contributed by atoms with van der Waals surface area (Å²) >= 11 is 0. The minimum atomic E-state index is -0.851. The normalized spacial score (nSPS) is 17.0. The van der Waals surface area contributed by atoms with Crippen LogP contribution in [0.3, 0.4) is 0 Å². The van der Waals surface area contributed by atoms with Crippen molar-refractivity contribution in [3.05, 3.63) is 53.1 Å². The molecular weight excluding hydrogens is 464 g/mol. The standard InChI is InChI=1S/C27H34N2O7/c1-7-28(8-2)13-14-29-23(18-15-20(34-4)26(36-6)21(16-18)35-5)22(25(31)27(29)32)24(30)17-9-11-19(33-3)12-10-17/h9-12,15-16,23,30H,7-8,13-14H2,1-6H3/b24-22+. The van der Waals surface area contributed by atoms with Gasteiger partial charge in [-0.1, -0.05) is 13.8 Å². The molecule has 36 heavy (non-hydrogen) atoms. The third-order valence-corrected chi connectivity index (χ3v) is 6.46. The maximum absolute atomic E-state index is 13.3. The minimum Gasteiger partial charge on any atom is -0.507 e. The Labute approximate surface area is 211 Å². The van der Waals surface area contributed by atoms with E-state index in [1.165, 1.54) is 26.2 Å². The van der Waals surface area contributed by atoms with E-state index in [9.17, 15) is 14.7 Å². The van der Waals surface area contributed by atoms with Gasteiger partial charge in [0.1, 0.15) is 11.5 Å². The van der Waals surface area contributed by atoms with Crippen molar-refractivity contribution >= 4 is 17.4 Å². The van der Waals surface area contributed by atoms with Gasteiger partial charge in [-0.15, -0.1) is 0 Å². The highest BCUT2D eigenvalue weighted by atomic mass is 16.5. The zero-order valence-corrected chi connectivity index (χ0v) is 21.7. The van der Waals surface area contributed by atoms with E-state index < -0.39 is 17.7 Å². The van der Waals surface area contributed by atoms with E-state index in [0.29, 0.717) is 47.2 Å². The molecule has 1 aliphatic heterocycles. The Morgan fingerprint density at radius 2 is 1.50 bits per heavy atom. The summed E-state index contributed by atoms with van der Waals surface area (Å²) in [5, 5.41) is 11.3. The number of methoxy groups -OCH3 is 4. The van der Waals surface area contributed by atoms with Crippen LogP contribution in [0.5, 0.6) is 23.0 Å². The van der Waals surface area contributed by atoms with Crippen LogP contribution in [-0.2, 0) is 9.59 Å². The first-order chi connectivity index (χ1) is 17.3. The van der Waals surface area contributed by atoms with E-state index in [1.807, 2.05) is 13.8 Å². The Balaban J connectivity index is 2.21. The van der Waals surface area contributed by atoms with Crippen molar-refractivity contribution in [1.29, 1.82) is 0 Å². The van der Waals surface area contributed by atoms with Gasteiger partial charge in [-0.3, -0.25) is 9.59 Å². The molecule has 0 radical (unpaired) electrons. The second-order valence-corrected chi connectivity index (χ2v) is 8.21. The number of aliphatic hydroxyl groups is 1. The molecule has 2 aromatic carbocycles. The van der Waals surface area contributed by atoms with Gasteiger partial charge in [0.15, 0.2) is 11.5 Å². The maximum atomic E-state index is 13.3. The molecule has 1 amide bonds. The van der Waals surface area contributed by atoms with Gasteiger partial charge in [0.05, 0.1) is 40.1 Å². The minimum absolute atomic E-state index is 0.000938. The molecule has 0 aromatic heterocycles. The summed E-state index contributed by atoms with van der Waals surface area (Å²) in [5.74, 6) is 0.0698. The number of carbonyl (C=O) groups excluding carboxylic acids is 2. The fourth-order valence-electron chi connectivity index (χ4n) is 4.41. The molecule has 194 valence electrons. The van der Waals surface area contributed by atoms with Crippen LogP contribution < -0.4 is 18.9 Å². The summed E-state index contributed by atoms with van der Waals surface area (Å²) in [7, 11) is 6.03. The Morgan fingerprint density at radius 1 is 0.917 bits per heavy atom. The summed E-state index contributed by atoms with van der Waals surface area (Å²) in [6.45, 7) is 6.56. The monoisotopic (exact) mass is 498 g/mol. The number of ether oxygens (including phenoxy) is 4. The molecule has 1 N–H and O–H groups in total. The average molecular weight is 499 g/mol. The number of hydrogen-bond donors (Lipinski definition) is 1. The number of Topliss-reactive ketones (excluding diaryl/α,β-unsaturated/α-hetero) is 1. The Morgan fingerprint density at radius 3 is 1.97 bits per heavy atom. The molecule has 0 saturated carbocycles. The van der Waals surface area contributed by atoms with E-state index in [4.69, 9.17) is 18.9 Å². The summed E-state index contributed by atoms with van der Waals surface area (Å²) in [6.07, 6.45) is 0. The van der Waals surface area contributed by atoms with Gasteiger partial charge >= 0.3 is 0 Å². The van der Waals surface area contributed by atoms with Crippen LogP contribution in [-0.4, -0.2) is 81.2 Å². The average Bonchev–Trinajstić information content (AvgIpc) is 3.17. The zero-order valence-electron chi connectivity index (χ0n) is 21.7. The maximum Gasteiger partial charge on any atom is 0.295 e. The molecular formula is C27H34N2O7. The highest BCUT2D eigenvalue weighted by Gasteiger charge is 2.46. The Bertz CT molecular complexity index is 1100. The Hall–Kier alpha value is -3.72. The smallest absolute Gasteiger partial charge is 0.295 e. The molecule has 9 heteroatoms. The van der Waals surface area contributed by atoms with E-state index in [1.54, 1.807) is 43.5 Å². The zero-order chi connectivity index (χ0) is 26.4. The number of nitrogens with zero attached hydrogens (tertiary/aromatic N) is 2. The molecule has 9 nitrogen and oxygen atoms in total. The lowest BCUT2D eigenvalue weighted by atomic mass is 9.94. The van der Waals surface area contributed by atoms with Gasteiger partial charge < -0.3 is 33.9 Å². The van der Waals surface area contributed by atoms with Crippen LogP contribution in [0, 0.1) is 0 Å². The highest BCUT2D eigenvalue weighted by Crippen LogP contribution is 2.45. The quantitative estimate of drug-likeness (QED) is 0.286. The molecule has 1 heterocycles. The fourth-order valence-corrected chi connectivity index (χ4v) is 4.41. The van der Waals surface area contributed by atoms with Crippen molar-refractivity contribution in [3.63, 3.8) is 0 Å². The molecule has 3 rings (SSSR count). The van der Waals surface area contributed by atoms with E-state index in [2.05, 4.69) is 4.90 Å². The van der Waals surface area contributed by atoms with Gasteiger partial charge in [0.2, 0.25) is 5.75 Å². The van der Waals surface area contributed by atoms with Crippen LogP contribution in [0.25, 0.3) is 5.76 Å². The molecule has 1 atom stereocenters. The van der Waals surface area contributed by atoms with E-state index in [0.717, 1.165) is 13.1 Å². The van der Waals surface area contributed by atoms with Crippen molar-refractivity contribution in [1.82, 2.24) is 9.80 Å². The lowest BCUT2D eigenvalue weighted by molar-refractivity contribution is -0.140. The molecule has 1 fully saturated rings. The van der Waals surface area contributed by atoms with Crippen LogP contribution in [0.1, 0.15) is 31.0 Å². The first-order valence-electron chi connectivity index (χ1n) is 11.8. The number of hydrogen-bond acceptors (Lipinski definition) is 8. The van der Waals surface area contributed by atoms with E-state index in [-0.39, 0.29) is 11.3 Å². The van der Waals surface area contributed by atoms with Crippen molar-refractivity contribution in [2.24, 2.45) is 0 Å². The first-order valence-corrected chi connectivity index (χ1v) is 11.8. The lowest BCUT2D eigenvalue weighted by Crippen LogP contribution is -2.38. The van der Waals surface area contributed by atoms with Gasteiger partial charge in [0.25, 0.3) is 11.7 Å². The second-order valence-electron chi connectivity index (χ2n) is 8.21. The first kappa shape index (κ1) is 26.9. The second kappa shape index (κ2) is 11.8. The third kappa shape index (κ3) is 5.11. The van der Waals surface area contributed by atoms with Crippen LogP contribution in [0.2, 0.25) is 0 Å². The molecule has 1 unspecified atom stereocenters. The third-order valence-electron chi connectivity index (χ3n) is 6.46. The van der Waals surface area contributed by atoms with Gasteiger partial charge in [0, 0.05) is 18.7 Å². The van der Waals surface area contributed by atoms with Crippen LogP contribution in [0.15, 0.2) is 42.0 Å². The van der Waals surface area contributed by atoms with Crippen molar-refractivity contribution in [2.75, 3.05) is 54.6 Å².